The first-order chi connectivity index (χ1) is 15.1. The number of aliphatic hydroxyl groups is 1. The van der Waals surface area contributed by atoms with Crippen molar-refractivity contribution in [1.82, 2.24) is 9.80 Å². The molecule has 1 aromatic heterocycles. The van der Waals surface area contributed by atoms with Crippen molar-refractivity contribution in [2.45, 2.75) is 43.2 Å². The number of benzene rings is 1. The Hall–Kier alpha value is -1.98. The van der Waals surface area contributed by atoms with E-state index in [9.17, 15) is 14.8 Å². The fraction of sp³-hybridized carbons (Fsp3) is 0.542. The maximum Gasteiger partial charge on any atom is 0.123 e. The topological polar surface area (TPSA) is 59.7 Å². The van der Waals surface area contributed by atoms with Crippen LogP contribution in [0.25, 0.3) is 0 Å². The van der Waals surface area contributed by atoms with Gasteiger partial charge in [-0.1, -0.05) is 6.07 Å². The fourth-order valence-electron chi connectivity index (χ4n) is 4.81. The number of nitriles is 1. The zero-order valence-corrected chi connectivity index (χ0v) is 18.6. The second kappa shape index (κ2) is 10.1. The van der Waals surface area contributed by atoms with Gasteiger partial charge in [0.1, 0.15) is 24.3 Å². The Morgan fingerprint density at radius 3 is 2.48 bits per heavy atom. The Kier molecular flexibility index (Phi) is 7.24. The second-order valence-electron chi connectivity index (χ2n) is 8.66. The molecule has 1 atom stereocenters. The summed E-state index contributed by atoms with van der Waals surface area (Å²) in [6.45, 7) is 4.63. The van der Waals surface area contributed by atoms with Gasteiger partial charge in [-0.15, -0.1) is 11.3 Å². The van der Waals surface area contributed by atoms with E-state index in [-0.39, 0.29) is 17.8 Å². The Balaban J connectivity index is 1.19. The summed E-state index contributed by atoms with van der Waals surface area (Å²) in [6, 6.07) is 13.2. The summed E-state index contributed by atoms with van der Waals surface area (Å²) in [6.07, 6.45) is 3.44. The lowest BCUT2D eigenvalue weighted by molar-refractivity contribution is 0.0287. The number of aliphatic hydroxyl groups excluding tert-OH is 1. The first-order valence-corrected chi connectivity index (χ1v) is 11.9. The van der Waals surface area contributed by atoms with E-state index >= 15 is 0 Å². The van der Waals surface area contributed by atoms with Crippen molar-refractivity contribution in [2.75, 3.05) is 39.3 Å². The summed E-state index contributed by atoms with van der Waals surface area (Å²) in [7, 11) is 0. The molecule has 0 radical (unpaired) electrons. The molecule has 2 fully saturated rings. The van der Waals surface area contributed by atoms with E-state index in [1.54, 1.807) is 23.5 Å². The lowest BCUT2D eigenvalue weighted by Gasteiger charge is -2.43. The summed E-state index contributed by atoms with van der Waals surface area (Å²) in [4.78, 5) is 6.06. The van der Waals surface area contributed by atoms with Crippen LogP contribution >= 0.6 is 11.3 Å². The van der Waals surface area contributed by atoms with Gasteiger partial charge in [-0.2, -0.15) is 5.26 Å². The first-order valence-electron chi connectivity index (χ1n) is 11.1. The van der Waals surface area contributed by atoms with E-state index in [1.807, 2.05) is 6.07 Å². The number of β-amino-alcohol motifs (C(OH)–C–C–N with tert-alkyl or cyclic N) is 1. The van der Waals surface area contributed by atoms with Crippen LogP contribution in [-0.2, 0) is 5.41 Å². The molecule has 4 rings (SSSR count). The van der Waals surface area contributed by atoms with E-state index in [0.29, 0.717) is 18.3 Å². The van der Waals surface area contributed by atoms with Crippen molar-refractivity contribution in [1.29, 1.82) is 5.26 Å². The van der Waals surface area contributed by atoms with Crippen molar-refractivity contribution < 1.29 is 14.2 Å². The first kappa shape index (κ1) is 22.2. The molecule has 1 aliphatic carbocycles. The standard InChI is InChI=1S/C24H30FN3O2S/c25-19-3-5-22(6-4-19)30-17-21(29)16-27-11-13-28(14-12-27)20-7-9-24(18-26,10-8-20)23-2-1-15-31-23/h1-6,15,20-21,29H,7-14,16-17H2/t20-,21?,24+. The van der Waals surface area contributed by atoms with Gasteiger partial charge in [0.15, 0.2) is 0 Å². The highest BCUT2D eigenvalue weighted by atomic mass is 32.1. The number of thiophene rings is 1. The van der Waals surface area contributed by atoms with Crippen molar-refractivity contribution in [2.24, 2.45) is 0 Å². The molecule has 5 nitrogen and oxygen atoms in total. The highest BCUT2D eigenvalue weighted by molar-refractivity contribution is 7.10. The number of nitrogens with zero attached hydrogens (tertiary/aromatic N) is 3. The lowest BCUT2D eigenvalue weighted by atomic mass is 9.72. The maximum absolute atomic E-state index is 13.0. The minimum Gasteiger partial charge on any atom is -0.491 e. The monoisotopic (exact) mass is 443 g/mol. The Bertz CT molecular complexity index is 852. The molecular formula is C24H30FN3O2S. The average molecular weight is 444 g/mol. The average Bonchev–Trinajstić information content (AvgIpc) is 3.35. The molecule has 1 aliphatic heterocycles. The summed E-state index contributed by atoms with van der Waals surface area (Å²) < 4.78 is 18.5. The van der Waals surface area contributed by atoms with Crippen molar-refractivity contribution >= 4 is 11.3 Å². The minimum absolute atomic E-state index is 0.202. The summed E-state index contributed by atoms with van der Waals surface area (Å²) in [5.41, 5.74) is -0.291. The quantitative estimate of drug-likeness (QED) is 0.708. The number of rotatable bonds is 7. The predicted molar refractivity (Wildman–Crippen MR) is 120 cm³/mol. The number of hydrogen-bond acceptors (Lipinski definition) is 6. The highest BCUT2D eigenvalue weighted by Gasteiger charge is 2.39. The largest absolute Gasteiger partial charge is 0.491 e. The fourth-order valence-corrected chi connectivity index (χ4v) is 5.75. The summed E-state index contributed by atoms with van der Waals surface area (Å²) in [5.74, 6) is 0.270. The smallest absolute Gasteiger partial charge is 0.123 e. The van der Waals surface area contributed by atoms with E-state index in [2.05, 4.69) is 27.3 Å². The van der Waals surface area contributed by atoms with Gasteiger partial charge in [-0.05, 0) is 61.4 Å². The molecule has 2 aliphatic rings. The third-order valence-electron chi connectivity index (χ3n) is 6.66. The SMILES string of the molecule is N#C[C@]1(c2cccs2)CC[C@@H](N2CCN(CC(O)COc3ccc(F)cc3)CC2)CC1. The molecule has 31 heavy (non-hydrogen) atoms. The van der Waals surface area contributed by atoms with Crippen molar-refractivity contribution in [3.05, 3.63) is 52.5 Å². The van der Waals surface area contributed by atoms with Gasteiger partial charge in [0.25, 0.3) is 0 Å². The maximum atomic E-state index is 13.0. The molecule has 1 unspecified atom stereocenters. The van der Waals surface area contributed by atoms with Crippen LogP contribution in [-0.4, -0.2) is 66.4 Å². The Morgan fingerprint density at radius 2 is 1.87 bits per heavy atom. The van der Waals surface area contributed by atoms with Gasteiger partial charge >= 0.3 is 0 Å². The zero-order chi connectivity index (χ0) is 21.7. The van der Waals surface area contributed by atoms with Crippen LogP contribution in [0, 0.1) is 17.1 Å². The zero-order valence-electron chi connectivity index (χ0n) is 17.8. The van der Waals surface area contributed by atoms with Crippen LogP contribution in [0.2, 0.25) is 0 Å². The molecular weight excluding hydrogens is 413 g/mol. The van der Waals surface area contributed by atoms with Crippen LogP contribution in [0.5, 0.6) is 5.75 Å². The van der Waals surface area contributed by atoms with E-state index in [1.165, 1.54) is 17.0 Å². The van der Waals surface area contributed by atoms with Gasteiger partial charge in [0, 0.05) is 43.6 Å². The second-order valence-corrected chi connectivity index (χ2v) is 9.61. The number of halogens is 1. The van der Waals surface area contributed by atoms with Crippen LogP contribution in [0.15, 0.2) is 41.8 Å². The van der Waals surface area contributed by atoms with Crippen LogP contribution < -0.4 is 4.74 Å². The van der Waals surface area contributed by atoms with Crippen molar-refractivity contribution in [3.63, 3.8) is 0 Å². The number of ether oxygens (including phenoxy) is 1. The Labute approximate surface area is 187 Å². The third kappa shape index (κ3) is 5.45. The van der Waals surface area contributed by atoms with E-state index in [0.717, 1.165) is 51.9 Å². The number of hydrogen-bond donors (Lipinski definition) is 1. The molecule has 2 aromatic rings. The molecule has 1 saturated heterocycles. The normalized spacial score (nSPS) is 26.3. The van der Waals surface area contributed by atoms with Gasteiger partial charge in [0.2, 0.25) is 0 Å². The van der Waals surface area contributed by atoms with Gasteiger partial charge in [-0.3, -0.25) is 9.80 Å². The molecule has 0 amide bonds. The minimum atomic E-state index is -0.576. The van der Waals surface area contributed by atoms with Crippen LogP contribution in [0.1, 0.15) is 30.6 Å². The van der Waals surface area contributed by atoms with Crippen molar-refractivity contribution in [3.8, 4) is 11.8 Å². The van der Waals surface area contributed by atoms with Crippen LogP contribution in [0.4, 0.5) is 4.39 Å². The molecule has 166 valence electrons. The number of piperazine rings is 1. The molecule has 7 heteroatoms. The highest BCUT2D eigenvalue weighted by Crippen LogP contribution is 2.42. The lowest BCUT2D eigenvalue weighted by Crippen LogP contribution is -2.53. The molecule has 1 N–H and O–H groups in total. The van der Waals surface area contributed by atoms with E-state index in [4.69, 9.17) is 4.74 Å². The Morgan fingerprint density at radius 1 is 1.16 bits per heavy atom. The summed E-state index contributed by atoms with van der Waals surface area (Å²) >= 11 is 1.71. The summed E-state index contributed by atoms with van der Waals surface area (Å²) in [5, 5.41) is 22.2. The van der Waals surface area contributed by atoms with Gasteiger partial charge < -0.3 is 9.84 Å². The molecule has 1 aromatic carbocycles. The van der Waals surface area contributed by atoms with Crippen LogP contribution in [0.3, 0.4) is 0 Å². The molecule has 1 saturated carbocycles. The van der Waals surface area contributed by atoms with Gasteiger partial charge in [-0.25, -0.2) is 4.39 Å². The molecule has 2 heterocycles. The molecule has 0 bridgehead atoms. The third-order valence-corrected chi connectivity index (χ3v) is 7.74. The van der Waals surface area contributed by atoms with E-state index < -0.39 is 6.10 Å². The van der Waals surface area contributed by atoms with Gasteiger partial charge in [0.05, 0.1) is 11.5 Å². The predicted octanol–water partition coefficient (Wildman–Crippen LogP) is 3.65. The molecule has 0 spiro atoms.